The number of oxazole rings is 1. The van der Waals surface area contributed by atoms with Crippen LogP contribution in [0.4, 0.5) is 0 Å². The van der Waals surface area contributed by atoms with Crippen molar-refractivity contribution >= 4 is 29.2 Å². The van der Waals surface area contributed by atoms with Gasteiger partial charge in [0.05, 0.1) is 5.57 Å². The first-order valence-electron chi connectivity index (χ1n) is 6.25. The summed E-state index contributed by atoms with van der Waals surface area (Å²) in [7, 11) is 0. The number of benzene rings is 1. The molecule has 3 rings (SSSR count). The Kier molecular flexibility index (Phi) is 3.10. The zero-order valence-corrected chi connectivity index (χ0v) is 11.5. The van der Waals surface area contributed by atoms with Crippen molar-refractivity contribution < 1.29 is 14.3 Å². The van der Waals surface area contributed by atoms with E-state index in [-0.39, 0.29) is 5.92 Å². The van der Waals surface area contributed by atoms with Crippen LogP contribution in [-0.2, 0) is 4.79 Å². The molecule has 0 aliphatic heterocycles. The molecule has 1 aliphatic rings. The van der Waals surface area contributed by atoms with Crippen LogP contribution >= 0.6 is 11.6 Å². The summed E-state index contributed by atoms with van der Waals surface area (Å²) < 4.78 is 5.69. The van der Waals surface area contributed by atoms with E-state index >= 15 is 0 Å². The van der Waals surface area contributed by atoms with E-state index in [1.807, 2.05) is 13.0 Å². The Hall–Kier alpha value is -2.07. The average Bonchev–Trinajstić information content (AvgIpc) is 2.81. The maximum absolute atomic E-state index is 11.3. The van der Waals surface area contributed by atoms with Gasteiger partial charge >= 0.3 is 5.97 Å². The highest BCUT2D eigenvalue weighted by atomic mass is 35.5. The Bertz CT molecular complexity index is 790. The fraction of sp³-hybridized carbons (Fsp3) is 0.200. The Balaban J connectivity index is 2.22. The number of hydrogen-bond acceptors (Lipinski definition) is 3. The molecule has 4 nitrogen and oxygen atoms in total. The topological polar surface area (TPSA) is 63.3 Å². The number of hydrogen-bond donors (Lipinski definition) is 1. The van der Waals surface area contributed by atoms with Gasteiger partial charge in [-0.1, -0.05) is 18.5 Å². The number of aromatic nitrogens is 1. The van der Waals surface area contributed by atoms with Gasteiger partial charge in [-0.2, -0.15) is 0 Å². The van der Waals surface area contributed by atoms with Crippen LogP contribution in [0.1, 0.15) is 13.3 Å². The Labute approximate surface area is 120 Å². The molecule has 0 saturated heterocycles. The van der Waals surface area contributed by atoms with Crippen LogP contribution in [0.15, 0.2) is 28.7 Å². The molecule has 0 spiro atoms. The van der Waals surface area contributed by atoms with Crippen molar-refractivity contribution in [3.8, 4) is 11.5 Å². The first-order chi connectivity index (χ1) is 9.54. The maximum atomic E-state index is 11.3. The molecule has 0 fully saturated rings. The van der Waals surface area contributed by atoms with Gasteiger partial charge in [0.15, 0.2) is 5.42 Å². The van der Waals surface area contributed by atoms with Gasteiger partial charge in [-0.15, -0.1) is 0 Å². The molecular formula is C15H12ClNO3. The van der Waals surface area contributed by atoms with Crippen molar-refractivity contribution in [3.05, 3.63) is 40.1 Å². The summed E-state index contributed by atoms with van der Waals surface area (Å²) in [5.41, 5.74) is 1.61. The molecule has 1 aromatic heterocycles. The van der Waals surface area contributed by atoms with Gasteiger partial charge in [0.1, 0.15) is 5.35 Å². The third-order valence-corrected chi connectivity index (χ3v) is 3.50. The summed E-state index contributed by atoms with van der Waals surface area (Å²) in [6, 6.07) is 7.08. The lowest BCUT2D eigenvalue weighted by Crippen LogP contribution is -2.32. The number of carbonyl (C=O) groups is 1. The minimum Gasteiger partial charge on any atom is -0.478 e. The number of halogens is 1. The fourth-order valence-corrected chi connectivity index (χ4v) is 2.43. The Morgan fingerprint density at radius 3 is 2.75 bits per heavy atom. The number of carboxylic acid groups (broad SMARTS) is 1. The van der Waals surface area contributed by atoms with Crippen molar-refractivity contribution in [1.29, 1.82) is 0 Å². The molecule has 0 radical (unpaired) electrons. The van der Waals surface area contributed by atoms with Gasteiger partial charge in [0.25, 0.3) is 0 Å². The van der Waals surface area contributed by atoms with Crippen LogP contribution in [0.3, 0.4) is 0 Å². The van der Waals surface area contributed by atoms with E-state index in [1.54, 1.807) is 24.3 Å². The van der Waals surface area contributed by atoms with Crippen molar-refractivity contribution in [1.82, 2.24) is 4.98 Å². The molecular weight excluding hydrogens is 278 g/mol. The van der Waals surface area contributed by atoms with Crippen molar-refractivity contribution in [2.75, 3.05) is 0 Å². The largest absolute Gasteiger partial charge is 0.478 e. The third kappa shape index (κ3) is 2.23. The third-order valence-electron chi connectivity index (χ3n) is 3.25. The average molecular weight is 290 g/mol. The number of aliphatic carboxylic acids is 1. The summed E-state index contributed by atoms with van der Waals surface area (Å²) in [6.45, 7) is 1.95. The van der Waals surface area contributed by atoms with E-state index in [4.69, 9.17) is 16.0 Å². The maximum Gasteiger partial charge on any atom is 0.333 e. The van der Waals surface area contributed by atoms with Crippen LogP contribution in [0.2, 0.25) is 5.02 Å². The van der Waals surface area contributed by atoms with Gasteiger partial charge in [0, 0.05) is 10.6 Å². The number of carboxylic acids is 1. The van der Waals surface area contributed by atoms with Gasteiger partial charge in [-0.05, 0) is 42.7 Å². The second kappa shape index (κ2) is 4.80. The molecule has 20 heavy (non-hydrogen) atoms. The highest BCUT2D eigenvalue weighted by Crippen LogP contribution is 2.20. The first-order valence-corrected chi connectivity index (χ1v) is 6.63. The minimum absolute atomic E-state index is 0.125. The van der Waals surface area contributed by atoms with E-state index in [0.29, 0.717) is 33.7 Å². The van der Waals surface area contributed by atoms with Crippen molar-refractivity contribution in [2.45, 2.75) is 13.3 Å². The highest BCUT2D eigenvalue weighted by molar-refractivity contribution is 6.30. The molecule has 1 unspecified atom stereocenters. The quantitative estimate of drug-likeness (QED) is 0.919. The van der Waals surface area contributed by atoms with E-state index in [9.17, 15) is 9.90 Å². The van der Waals surface area contributed by atoms with Crippen LogP contribution in [0.5, 0.6) is 0 Å². The number of rotatable bonds is 2. The molecule has 0 amide bonds. The van der Waals surface area contributed by atoms with Gasteiger partial charge in [-0.25, -0.2) is 9.78 Å². The molecule has 1 aromatic carbocycles. The van der Waals surface area contributed by atoms with Gasteiger partial charge in [0.2, 0.25) is 5.89 Å². The van der Waals surface area contributed by atoms with Crippen LogP contribution in [0.25, 0.3) is 23.1 Å². The predicted molar refractivity (Wildman–Crippen MR) is 75.5 cm³/mol. The van der Waals surface area contributed by atoms with Crippen molar-refractivity contribution in [2.24, 2.45) is 5.92 Å². The monoisotopic (exact) mass is 289 g/mol. The molecule has 1 heterocycles. The normalized spacial score (nSPS) is 17.5. The van der Waals surface area contributed by atoms with Gasteiger partial charge in [-0.3, -0.25) is 0 Å². The predicted octanol–water partition coefficient (Wildman–Crippen LogP) is 2.05. The smallest absolute Gasteiger partial charge is 0.333 e. The lowest BCUT2D eigenvalue weighted by molar-refractivity contribution is -0.130. The molecule has 2 aromatic rings. The summed E-state index contributed by atoms with van der Waals surface area (Å²) in [5, 5.41) is 10.3. The van der Waals surface area contributed by atoms with Crippen molar-refractivity contribution in [3.63, 3.8) is 0 Å². The minimum atomic E-state index is -0.942. The lowest BCUT2D eigenvalue weighted by atomic mass is 9.97. The molecule has 1 atom stereocenters. The lowest BCUT2D eigenvalue weighted by Gasteiger charge is -2.08. The first kappa shape index (κ1) is 12.9. The summed E-state index contributed by atoms with van der Waals surface area (Å²) in [6.07, 6.45) is 2.38. The summed E-state index contributed by atoms with van der Waals surface area (Å²) in [5.74, 6) is -0.405. The van der Waals surface area contributed by atoms with Crippen LogP contribution < -0.4 is 10.8 Å². The van der Waals surface area contributed by atoms with Crippen LogP contribution in [0, 0.1) is 5.92 Å². The van der Waals surface area contributed by atoms with E-state index in [1.165, 1.54) is 0 Å². The SMILES string of the molecule is CC1C=c2oc(-c3ccc(Cl)cc3)nc2=C(C(=O)O)C1. The zero-order chi connectivity index (χ0) is 14.3. The fourth-order valence-electron chi connectivity index (χ4n) is 2.30. The summed E-state index contributed by atoms with van der Waals surface area (Å²) >= 11 is 5.84. The molecule has 1 N–H and O–H groups in total. The Morgan fingerprint density at radius 2 is 2.10 bits per heavy atom. The molecule has 1 aliphatic carbocycles. The second-order valence-electron chi connectivity index (χ2n) is 4.87. The second-order valence-corrected chi connectivity index (χ2v) is 5.31. The van der Waals surface area contributed by atoms with E-state index in [2.05, 4.69) is 4.98 Å². The van der Waals surface area contributed by atoms with E-state index < -0.39 is 5.97 Å². The number of nitrogens with zero attached hydrogens (tertiary/aromatic N) is 1. The molecule has 5 heteroatoms. The standard InChI is InChI=1S/C15H12ClNO3/c1-8-6-11(15(18)19)13-12(7-8)20-14(17-13)9-2-4-10(16)5-3-9/h2-5,7-8H,6H2,1H3,(H,18,19). The zero-order valence-electron chi connectivity index (χ0n) is 10.8. The molecule has 0 saturated carbocycles. The van der Waals surface area contributed by atoms with E-state index in [0.717, 1.165) is 5.56 Å². The highest BCUT2D eigenvalue weighted by Gasteiger charge is 2.20. The van der Waals surface area contributed by atoms with Crippen LogP contribution in [-0.4, -0.2) is 16.1 Å². The van der Waals surface area contributed by atoms with Gasteiger partial charge < -0.3 is 9.52 Å². The molecule has 0 bridgehead atoms. The summed E-state index contributed by atoms with van der Waals surface area (Å²) in [4.78, 5) is 15.6. The molecule has 102 valence electrons. The number of fused-ring (bicyclic) bond motifs is 1. The Morgan fingerprint density at radius 1 is 1.40 bits per heavy atom.